The van der Waals surface area contributed by atoms with Gasteiger partial charge >= 0.3 is 12.1 Å². The number of anilines is 1. The molecule has 1 heterocycles. The van der Waals surface area contributed by atoms with Gasteiger partial charge in [0.2, 0.25) is 9.84 Å². The van der Waals surface area contributed by atoms with Gasteiger partial charge in [0.25, 0.3) is 11.8 Å². The van der Waals surface area contributed by atoms with E-state index < -0.39 is 54.1 Å². The third-order valence-corrected chi connectivity index (χ3v) is 7.20. The molecule has 0 fully saturated rings. The smallest absolute Gasteiger partial charge is 0.416 e. The van der Waals surface area contributed by atoms with E-state index in [4.69, 9.17) is 10.5 Å². The van der Waals surface area contributed by atoms with Crippen molar-refractivity contribution in [3.05, 3.63) is 41.5 Å². The molecule has 3 N–H and O–H groups in total. The lowest BCUT2D eigenvalue weighted by Crippen LogP contribution is -2.41. The molecule has 0 atom stereocenters. The summed E-state index contributed by atoms with van der Waals surface area (Å²) in [6.45, 7) is 3.64. The zero-order valence-corrected chi connectivity index (χ0v) is 18.0. The van der Waals surface area contributed by atoms with E-state index in [0.717, 1.165) is 25.1 Å². The molecule has 2 amide bonds. The Balaban J connectivity index is 2.44. The van der Waals surface area contributed by atoms with Crippen LogP contribution in [-0.2, 0) is 30.3 Å². The Labute approximate surface area is 179 Å². The van der Waals surface area contributed by atoms with Gasteiger partial charge in [-0.05, 0) is 44.2 Å². The molecule has 0 spiro atoms. The van der Waals surface area contributed by atoms with Crippen LogP contribution in [0.25, 0.3) is 0 Å². The largest absolute Gasteiger partial charge is 0.450 e. The molecule has 8 nitrogen and oxygen atoms in total. The first-order valence-corrected chi connectivity index (χ1v) is 10.7. The number of esters is 1. The maximum absolute atomic E-state index is 12.8. The van der Waals surface area contributed by atoms with Gasteiger partial charge in [0.15, 0.2) is 5.60 Å². The number of carbonyl (C=O) groups excluding carboxylic acids is 3. The molecule has 2 rings (SSSR count). The summed E-state index contributed by atoms with van der Waals surface area (Å²) in [5, 5.41) is 2.08. The second kappa shape index (κ2) is 8.30. The molecule has 0 bridgehead atoms. The van der Waals surface area contributed by atoms with E-state index in [1.807, 2.05) is 0 Å². The molecule has 168 valence electrons. The van der Waals surface area contributed by atoms with Crippen LogP contribution in [0.5, 0.6) is 0 Å². The van der Waals surface area contributed by atoms with Crippen LogP contribution in [0.3, 0.4) is 0 Å². The summed E-state index contributed by atoms with van der Waals surface area (Å²) < 4.78 is 68.2. The third-order valence-electron chi connectivity index (χ3n) is 3.90. The maximum Gasteiger partial charge on any atom is 0.416 e. The fourth-order valence-corrected chi connectivity index (χ4v) is 5.14. The lowest BCUT2D eigenvalue weighted by Gasteiger charge is -2.22. The molecular formula is C18H17F3N2O6S2. The SMILES string of the molecule is CC(=O)OC(C)(C)C(=O)Nc1sc(S(=O)(=O)c2ccc(C(F)(F)F)cc2)cc1C(N)=O. The number of nitrogens with one attached hydrogen (secondary N) is 1. The van der Waals surface area contributed by atoms with E-state index in [9.17, 15) is 36.0 Å². The number of primary amides is 1. The lowest BCUT2D eigenvalue weighted by molar-refractivity contribution is -0.160. The summed E-state index contributed by atoms with van der Waals surface area (Å²) in [5.41, 5.74) is 2.25. The van der Waals surface area contributed by atoms with Gasteiger partial charge in [-0.2, -0.15) is 13.2 Å². The van der Waals surface area contributed by atoms with Crippen LogP contribution in [0.4, 0.5) is 18.2 Å². The molecule has 1 aromatic carbocycles. The molecule has 1 aromatic heterocycles. The predicted octanol–water partition coefficient (Wildman–Crippen LogP) is 2.98. The molecule has 0 aliphatic rings. The number of ether oxygens (including phenoxy) is 1. The van der Waals surface area contributed by atoms with Crippen LogP contribution in [0.2, 0.25) is 0 Å². The van der Waals surface area contributed by atoms with Gasteiger partial charge in [0.05, 0.1) is 16.0 Å². The molecule has 0 radical (unpaired) electrons. The van der Waals surface area contributed by atoms with E-state index >= 15 is 0 Å². The summed E-state index contributed by atoms with van der Waals surface area (Å²) in [6, 6.07) is 3.70. The first kappa shape index (κ1) is 24.3. The number of benzene rings is 1. The number of thiophene rings is 1. The van der Waals surface area contributed by atoms with Crippen molar-refractivity contribution in [2.75, 3.05) is 5.32 Å². The minimum Gasteiger partial charge on any atom is -0.450 e. The molecule has 13 heteroatoms. The van der Waals surface area contributed by atoms with Crippen molar-refractivity contribution in [3.8, 4) is 0 Å². The van der Waals surface area contributed by atoms with Gasteiger partial charge in [-0.15, -0.1) is 11.3 Å². The molecule has 0 saturated heterocycles. The average Bonchev–Trinajstić information content (AvgIpc) is 3.05. The molecule has 0 aliphatic heterocycles. The fraction of sp³-hybridized carbons (Fsp3) is 0.278. The van der Waals surface area contributed by atoms with Crippen LogP contribution in [-0.4, -0.2) is 31.8 Å². The Morgan fingerprint density at radius 2 is 1.65 bits per heavy atom. The van der Waals surface area contributed by atoms with Crippen molar-refractivity contribution in [3.63, 3.8) is 0 Å². The average molecular weight is 478 g/mol. The lowest BCUT2D eigenvalue weighted by atomic mass is 10.1. The zero-order valence-electron chi connectivity index (χ0n) is 16.4. The molecule has 0 saturated carbocycles. The van der Waals surface area contributed by atoms with Gasteiger partial charge in [-0.25, -0.2) is 8.42 Å². The van der Waals surface area contributed by atoms with E-state index in [-0.39, 0.29) is 10.6 Å². The quantitative estimate of drug-likeness (QED) is 0.614. The third kappa shape index (κ3) is 5.41. The number of halogens is 3. The topological polar surface area (TPSA) is 133 Å². The van der Waals surface area contributed by atoms with Crippen molar-refractivity contribution in [2.45, 2.75) is 41.7 Å². The Kier molecular flexibility index (Phi) is 6.52. The summed E-state index contributed by atoms with van der Waals surface area (Å²) in [5.74, 6) is -2.65. The summed E-state index contributed by atoms with van der Waals surface area (Å²) in [6.07, 6.45) is -4.64. The van der Waals surface area contributed by atoms with E-state index in [1.54, 1.807) is 0 Å². The second-order valence-electron chi connectivity index (χ2n) is 6.76. The first-order valence-electron chi connectivity index (χ1n) is 8.42. The number of rotatable bonds is 6. The van der Waals surface area contributed by atoms with Gasteiger partial charge in [-0.3, -0.25) is 14.4 Å². The second-order valence-corrected chi connectivity index (χ2v) is 9.98. The van der Waals surface area contributed by atoms with Gasteiger partial charge in [-0.1, -0.05) is 0 Å². The Bertz CT molecular complexity index is 1140. The van der Waals surface area contributed by atoms with Crippen LogP contribution in [0, 0.1) is 0 Å². The fourth-order valence-electron chi connectivity index (χ4n) is 2.38. The first-order chi connectivity index (χ1) is 14.1. The normalized spacial score (nSPS) is 12.3. The summed E-state index contributed by atoms with van der Waals surface area (Å²) in [4.78, 5) is 34.8. The number of hydrogen-bond acceptors (Lipinski definition) is 7. The highest BCUT2D eigenvalue weighted by Gasteiger charge is 2.34. The number of sulfone groups is 1. The monoisotopic (exact) mass is 478 g/mol. The van der Waals surface area contributed by atoms with Crippen LogP contribution in [0.15, 0.2) is 39.4 Å². The van der Waals surface area contributed by atoms with Gasteiger partial charge in [0.1, 0.15) is 9.21 Å². The van der Waals surface area contributed by atoms with Crippen molar-refractivity contribution < 1.29 is 40.7 Å². The van der Waals surface area contributed by atoms with E-state index in [2.05, 4.69) is 5.32 Å². The highest BCUT2D eigenvalue weighted by atomic mass is 32.2. The minimum atomic E-state index is -4.64. The molecule has 31 heavy (non-hydrogen) atoms. The number of amides is 2. The number of hydrogen-bond donors (Lipinski definition) is 2. The molecular weight excluding hydrogens is 461 g/mol. The molecule has 0 unspecified atom stereocenters. The van der Waals surface area contributed by atoms with E-state index in [1.165, 1.54) is 13.8 Å². The van der Waals surface area contributed by atoms with Crippen molar-refractivity contribution in [1.29, 1.82) is 0 Å². The maximum atomic E-state index is 12.8. The van der Waals surface area contributed by atoms with Crippen LogP contribution >= 0.6 is 11.3 Å². The van der Waals surface area contributed by atoms with Gasteiger partial charge in [0, 0.05) is 6.92 Å². The Hall–Kier alpha value is -2.93. The van der Waals surface area contributed by atoms with E-state index in [0.29, 0.717) is 23.5 Å². The highest BCUT2D eigenvalue weighted by molar-refractivity contribution is 7.93. The van der Waals surface area contributed by atoms with Gasteiger partial charge < -0.3 is 15.8 Å². The van der Waals surface area contributed by atoms with Crippen molar-refractivity contribution in [2.24, 2.45) is 5.73 Å². The zero-order chi connectivity index (χ0) is 23.8. The van der Waals surface area contributed by atoms with Crippen molar-refractivity contribution >= 4 is 44.0 Å². The predicted molar refractivity (Wildman–Crippen MR) is 104 cm³/mol. The van der Waals surface area contributed by atoms with Crippen LogP contribution < -0.4 is 11.1 Å². The standard InChI is InChI=1S/C18H17F3N2O6S2/c1-9(24)29-17(2,3)16(26)23-15-12(14(22)25)8-13(30-15)31(27,28)11-6-4-10(5-7-11)18(19,20)21/h4-8H,1-3H3,(H2,22,25)(H,23,26). The Morgan fingerprint density at radius 3 is 2.10 bits per heavy atom. The number of alkyl halides is 3. The molecule has 0 aliphatic carbocycles. The van der Waals surface area contributed by atoms with Crippen molar-refractivity contribution in [1.82, 2.24) is 0 Å². The minimum absolute atomic E-state index is 0.219. The summed E-state index contributed by atoms with van der Waals surface area (Å²) >= 11 is 0.479. The molecule has 2 aromatic rings. The highest BCUT2D eigenvalue weighted by Crippen LogP contribution is 2.36. The Morgan fingerprint density at radius 1 is 1.10 bits per heavy atom. The summed E-state index contributed by atoms with van der Waals surface area (Å²) in [7, 11) is -4.32. The number of nitrogens with two attached hydrogens (primary N) is 1. The van der Waals surface area contributed by atoms with Crippen LogP contribution in [0.1, 0.15) is 36.7 Å². The number of carbonyl (C=O) groups is 3.